The number of nitrogens with zero attached hydrogens (tertiary/aromatic N) is 3. The van der Waals surface area contributed by atoms with Gasteiger partial charge in [-0.25, -0.2) is 4.98 Å². The van der Waals surface area contributed by atoms with Crippen molar-refractivity contribution >= 4 is 11.7 Å². The number of hydrogen-bond acceptors (Lipinski definition) is 5. The molecule has 2 N–H and O–H groups in total. The number of amides is 1. The first kappa shape index (κ1) is 15.1. The standard InChI is InChI=1S/C16H24N4O2/c1-22-13-4-7-18-14(12-13)19-8-10-20(11-9-19)15(21)16(17)5-2-3-6-16/h4,7,12H,2-3,5-6,8-11,17H2,1H3. The third kappa shape index (κ3) is 2.88. The maximum atomic E-state index is 12.6. The molecule has 0 atom stereocenters. The van der Waals surface area contributed by atoms with Crippen LogP contribution in [0.4, 0.5) is 5.82 Å². The first-order valence-electron chi connectivity index (χ1n) is 7.96. The third-order valence-corrected chi connectivity index (χ3v) is 4.77. The van der Waals surface area contributed by atoms with Crippen molar-refractivity contribution in [1.82, 2.24) is 9.88 Å². The van der Waals surface area contributed by atoms with Gasteiger partial charge in [0.2, 0.25) is 5.91 Å². The summed E-state index contributed by atoms with van der Waals surface area (Å²) in [7, 11) is 1.65. The first-order chi connectivity index (χ1) is 10.6. The maximum Gasteiger partial charge on any atom is 0.242 e. The highest BCUT2D eigenvalue weighted by Gasteiger charge is 2.40. The van der Waals surface area contributed by atoms with Crippen LogP contribution in [0.25, 0.3) is 0 Å². The van der Waals surface area contributed by atoms with E-state index in [9.17, 15) is 4.79 Å². The Labute approximate surface area is 131 Å². The zero-order chi connectivity index (χ0) is 15.6. The second-order valence-corrected chi connectivity index (χ2v) is 6.20. The predicted molar refractivity (Wildman–Crippen MR) is 85.0 cm³/mol. The lowest BCUT2D eigenvalue weighted by Crippen LogP contribution is -2.58. The Morgan fingerprint density at radius 2 is 1.95 bits per heavy atom. The highest BCUT2D eigenvalue weighted by molar-refractivity contribution is 5.86. The minimum atomic E-state index is -0.615. The molecule has 22 heavy (non-hydrogen) atoms. The molecule has 0 bridgehead atoms. The molecule has 1 aliphatic carbocycles. The topological polar surface area (TPSA) is 71.7 Å². The van der Waals surface area contributed by atoms with Gasteiger partial charge in [-0.05, 0) is 18.9 Å². The summed E-state index contributed by atoms with van der Waals surface area (Å²) in [5, 5.41) is 0. The van der Waals surface area contributed by atoms with E-state index in [0.717, 1.165) is 50.3 Å². The summed E-state index contributed by atoms with van der Waals surface area (Å²) in [4.78, 5) is 21.1. The first-order valence-corrected chi connectivity index (χ1v) is 7.96. The van der Waals surface area contributed by atoms with Crippen molar-refractivity contribution in [3.8, 4) is 5.75 Å². The van der Waals surface area contributed by atoms with Gasteiger partial charge in [-0.3, -0.25) is 4.79 Å². The molecule has 0 spiro atoms. The predicted octanol–water partition coefficient (Wildman–Crippen LogP) is 1.01. The lowest BCUT2D eigenvalue weighted by Gasteiger charge is -2.38. The van der Waals surface area contributed by atoms with E-state index in [1.165, 1.54) is 0 Å². The van der Waals surface area contributed by atoms with E-state index >= 15 is 0 Å². The number of anilines is 1. The van der Waals surface area contributed by atoms with Gasteiger partial charge in [-0.15, -0.1) is 0 Å². The molecule has 0 unspecified atom stereocenters. The monoisotopic (exact) mass is 304 g/mol. The molecule has 0 aromatic carbocycles. The summed E-state index contributed by atoms with van der Waals surface area (Å²) in [5.41, 5.74) is 5.67. The Morgan fingerprint density at radius 1 is 1.27 bits per heavy atom. The lowest BCUT2D eigenvalue weighted by molar-refractivity contribution is -0.137. The Bertz CT molecular complexity index is 535. The highest BCUT2D eigenvalue weighted by atomic mass is 16.5. The van der Waals surface area contributed by atoms with Crippen molar-refractivity contribution in [2.45, 2.75) is 31.2 Å². The molecular weight excluding hydrogens is 280 g/mol. The van der Waals surface area contributed by atoms with Gasteiger partial charge < -0.3 is 20.3 Å². The van der Waals surface area contributed by atoms with Gasteiger partial charge in [-0.2, -0.15) is 0 Å². The van der Waals surface area contributed by atoms with Crippen LogP contribution in [0.3, 0.4) is 0 Å². The molecule has 1 saturated carbocycles. The van der Waals surface area contributed by atoms with Crippen molar-refractivity contribution in [3.05, 3.63) is 18.3 Å². The van der Waals surface area contributed by atoms with E-state index in [1.54, 1.807) is 13.3 Å². The smallest absolute Gasteiger partial charge is 0.242 e. The summed E-state index contributed by atoms with van der Waals surface area (Å²) in [6, 6.07) is 3.76. The summed E-state index contributed by atoms with van der Waals surface area (Å²) in [6.07, 6.45) is 5.53. The van der Waals surface area contributed by atoms with Crippen LogP contribution in [-0.4, -0.2) is 54.6 Å². The Balaban J connectivity index is 1.61. The number of rotatable bonds is 3. The number of methoxy groups -OCH3 is 1. The van der Waals surface area contributed by atoms with Crippen molar-refractivity contribution < 1.29 is 9.53 Å². The van der Waals surface area contributed by atoms with Crippen LogP contribution in [-0.2, 0) is 4.79 Å². The largest absolute Gasteiger partial charge is 0.497 e. The van der Waals surface area contributed by atoms with E-state index in [2.05, 4.69) is 9.88 Å². The Morgan fingerprint density at radius 3 is 2.59 bits per heavy atom. The fourth-order valence-electron chi connectivity index (χ4n) is 3.37. The maximum absolute atomic E-state index is 12.6. The van der Waals surface area contributed by atoms with E-state index in [4.69, 9.17) is 10.5 Å². The number of hydrogen-bond donors (Lipinski definition) is 1. The summed E-state index contributed by atoms with van der Waals surface area (Å²) in [6.45, 7) is 2.97. The second kappa shape index (κ2) is 6.12. The van der Waals surface area contributed by atoms with Gasteiger partial charge in [0, 0.05) is 38.4 Å². The Hall–Kier alpha value is -1.82. The summed E-state index contributed by atoms with van der Waals surface area (Å²) < 4.78 is 5.24. The summed E-state index contributed by atoms with van der Waals surface area (Å²) >= 11 is 0. The Kier molecular flexibility index (Phi) is 4.20. The molecule has 2 aliphatic rings. The molecule has 6 heteroatoms. The van der Waals surface area contributed by atoms with Crippen molar-refractivity contribution in [2.24, 2.45) is 5.73 Å². The number of piperazine rings is 1. The normalized spacial score (nSPS) is 21.0. The number of carbonyl (C=O) groups is 1. The van der Waals surface area contributed by atoms with Gasteiger partial charge in [0.15, 0.2) is 0 Å². The molecule has 120 valence electrons. The molecule has 1 amide bonds. The van der Waals surface area contributed by atoms with Crippen LogP contribution in [0.1, 0.15) is 25.7 Å². The van der Waals surface area contributed by atoms with E-state index in [1.807, 2.05) is 17.0 Å². The van der Waals surface area contributed by atoms with E-state index in [0.29, 0.717) is 13.1 Å². The zero-order valence-electron chi connectivity index (χ0n) is 13.1. The second-order valence-electron chi connectivity index (χ2n) is 6.20. The number of ether oxygens (including phenoxy) is 1. The van der Waals surface area contributed by atoms with Crippen LogP contribution in [0.2, 0.25) is 0 Å². The molecule has 1 saturated heterocycles. The zero-order valence-corrected chi connectivity index (χ0v) is 13.1. The molecule has 2 fully saturated rings. The van der Waals surface area contributed by atoms with Gasteiger partial charge >= 0.3 is 0 Å². The molecule has 0 radical (unpaired) electrons. The highest BCUT2D eigenvalue weighted by Crippen LogP contribution is 2.29. The minimum absolute atomic E-state index is 0.128. The van der Waals surface area contributed by atoms with Crippen molar-refractivity contribution in [3.63, 3.8) is 0 Å². The molecule has 1 aromatic rings. The molecule has 1 aliphatic heterocycles. The van der Waals surface area contributed by atoms with Crippen molar-refractivity contribution in [2.75, 3.05) is 38.2 Å². The van der Waals surface area contributed by atoms with Crippen LogP contribution in [0.5, 0.6) is 5.75 Å². The average Bonchev–Trinajstić information content (AvgIpc) is 3.02. The molecule has 1 aromatic heterocycles. The average molecular weight is 304 g/mol. The quantitative estimate of drug-likeness (QED) is 0.902. The number of carbonyl (C=O) groups excluding carboxylic acids is 1. The molecule has 6 nitrogen and oxygen atoms in total. The van der Waals surface area contributed by atoms with E-state index < -0.39 is 5.54 Å². The van der Waals surface area contributed by atoms with Crippen LogP contribution in [0, 0.1) is 0 Å². The van der Waals surface area contributed by atoms with Crippen molar-refractivity contribution in [1.29, 1.82) is 0 Å². The van der Waals surface area contributed by atoms with Crippen LogP contribution < -0.4 is 15.4 Å². The lowest BCUT2D eigenvalue weighted by atomic mass is 9.97. The fourth-order valence-corrected chi connectivity index (χ4v) is 3.37. The number of aromatic nitrogens is 1. The number of pyridine rings is 1. The van der Waals surface area contributed by atoms with E-state index in [-0.39, 0.29) is 5.91 Å². The SMILES string of the molecule is COc1ccnc(N2CCN(C(=O)C3(N)CCCC3)CC2)c1. The number of nitrogens with two attached hydrogens (primary N) is 1. The van der Waals surface area contributed by atoms with Gasteiger partial charge in [0.05, 0.1) is 12.6 Å². The fraction of sp³-hybridized carbons (Fsp3) is 0.625. The van der Waals surface area contributed by atoms with Crippen LogP contribution in [0.15, 0.2) is 18.3 Å². The van der Waals surface area contributed by atoms with Gasteiger partial charge in [0.25, 0.3) is 0 Å². The van der Waals surface area contributed by atoms with Crippen LogP contribution >= 0.6 is 0 Å². The minimum Gasteiger partial charge on any atom is -0.497 e. The molecule has 2 heterocycles. The molecule has 3 rings (SSSR count). The van der Waals surface area contributed by atoms with Gasteiger partial charge in [0.1, 0.15) is 11.6 Å². The van der Waals surface area contributed by atoms with Gasteiger partial charge in [-0.1, -0.05) is 12.8 Å². The summed E-state index contributed by atoms with van der Waals surface area (Å²) in [5.74, 6) is 1.83. The third-order valence-electron chi connectivity index (χ3n) is 4.77. The molecular formula is C16H24N4O2.